The highest BCUT2D eigenvalue weighted by Gasteiger charge is 2.60. The number of para-hydroxylation sites is 1. The van der Waals surface area contributed by atoms with Crippen LogP contribution in [0.25, 0.3) is 0 Å². The highest BCUT2D eigenvalue weighted by atomic mass is 15.2. The van der Waals surface area contributed by atoms with Crippen LogP contribution >= 0.6 is 0 Å². The molecule has 2 bridgehead atoms. The first-order valence-electron chi connectivity index (χ1n) is 8.24. The third-order valence-corrected chi connectivity index (χ3v) is 6.60. The molecule has 0 radical (unpaired) electrons. The van der Waals surface area contributed by atoms with Crippen LogP contribution in [0.5, 0.6) is 0 Å². The first-order chi connectivity index (χ1) is 9.83. The third-order valence-electron chi connectivity index (χ3n) is 6.60. The fraction of sp³-hybridized carbons (Fsp3) is 0.611. The summed E-state index contributed by atoms with van der Waals surface area (Å²) in [5.41, 5.74) is 4.63. The zero-order valence-corrected chi connectivity index (χ0v) is 12.2. The molecule has 0 N–H and O–H groups in total. The molecule has 3 aliphatic heterocycles. The molecule has 0 aromatic heterocycles. The van der Waals surface area contributed by atoms with Crippen molar-refractivity contribution in [3.05, 3.63) is 29.8 Å². The van der Waals surface area contributed by atoms with Crippen molar-refractivity contribution in [2.24, 2.45) is 16.8 Å². The topological polar surface area (TPSA) is 15.6 Å². The van der Waals surface area contributed by atoms with Gasteiger partial charge in [-0.15, -0.1) is 0 Å². The van der Waals surface area contributed by atoms with Crippen molar-refractivity contribution in [2.45, 2.75) is 44.1 Å². The molecule has 1 aromatic carbocycles. The van der Waals surface area contributed by atoms with Crippen LogP contribution in [0.1, 0.15) is 38.2 Å². The van der Waals surface area contributed by atoms with Crippen LogP contribution in [-0.2, 0) is 5.41 Å². The Morgan fingerprint density at radius 1 is 1.35 bits per heavy atom. The molecular weight excluding hydrogens is 244 g/mol. The number of benzene rings is 1. The molecule has 2 nitrogen and oxygen atoms in total. The lowest BCUT2D eigenvalue weighted by atomic mass is 9.59. The van der Waals surface area contributed by atoms with Crippen LogP contribution in [-0.4, -0.2) is 29.7 Å². The van der Waals surface area contributed by atoms with E-state index in [2.05, 4.69) is 36.1 Å². The van der Waals surface area contributed by atoms with E-state index in [4.69, 9.17) is 4.99 Å². The Morgan fingerprint density at radius 3 is 3.15 bits per heavy atom. The Labute approximate surface area is 120 Å². The lowest BCUT2D eigenvalue weighted by Gasteiger charge is -2.50. The van der Waals surface area contributed by atoms with Gasteiger partial charge < -0.3 is 0 Å². The van der Waals surface area contributed by atoms with Crippen molar-refractivity contribution in [1.82, 2.24) is 4.90 Å². The minimum Gasteiger partial charge on any atom is -0.299 e. The molecule has 1 aromatic rings. The molecule has 4 aliphatic rings. The second kappa shape index (κ2) is 3.73. The van der Waals surface area contributed by atoms with Gasteiger partial charge in [-0.1, -0.05) is 31.5 Å². The molecular formula is C18H22N2. The molecule has 0 amide bonds. The average molecular weight is 266 g/mol. The standard InChI is InChI=1S/C18H22N2/c1-2-12-11-20-8-7-18-14-5-3-4-6-15(14)19-16(18)9-13(12)10-17(18)20/h3-6,12-13,17H,2,7-11H2,1H3/t12-,13+,17+,18+/m0/s1. The average Bonchev–Trinajstić information content (AvgIpc) is 3.02. The second-order valence-corrected chi connectivity index (χ2v) is 7.18. The Morgan fingerprint density at radius 2 is 2.25 bits per heavy atom. The normalized spacial score (nSPS) is 41.2. The Hall–Kier alpha value is -1.15. The van der Waals surface area contributed by atoms with Gasteiger partial charge in [-0.25, -0.2) is 0 Å². The summed E-state index contributed by atoms with van der Waals surface area (Å²) in [6.07, 6.45) is 5.31. The fourth-order valence-electron chi connectivity index (χ4n) is 5.64. The van der Waals surface area contributed by atoms with Crippen LogP contribution in [0.3, 0.4) is 0 Å². The molecule has 3 fully saturated rings. The van der Waals surface area contributed by atoms with Gasteiger partial charge in [0.25, 0.3) is 0 Å². The quantitative estimate of drug-likeness (QED) is 0.759. The van der Waals surface area contributed by atoms with Crippen molar-refractivity contribution in [1.29, 1.82) is 0 Å². The summed E-state index contributed by atoms with van der Waals surface area (Å²) in [4.78, 5) is 7.88. The monoisotopic (exact) mass is 266 g/mol. The second-order valence-electron chi connectivity index (χ2n) is 7.18. The smallest absolute Gasteiger partial charge is 0.0671 e. The Kier molecular flexibility index (Phi) is 2.15. The maximum atomic E-state index is 5.08. The van der Waals surface area contributed by atoms with Gasteiger partial charge in [-0.05, 0) is 49.3 Å². The number of hydrogen-bond acceptors (Lipinski definition) is 2. The molecule has 2 saturated heterocycles. The van der Waals surface area contributed by atoms with Gasteiger partial charge in [-0.3, -0.25) is 9.89 Å². The highest BCUT2D eigenvalue weighted by Crippen LogP contribution is 2.58. The predicted molar refractivity (Wildman–Crippen MR) is 81.7 cm³/mol. The zero-order valence-electron chi connectivity index (χ0n) is 12.2. The van der Waals surface area contributed by atoms with E-state index in [0.717, 1.165) is 17.9 Å². The number of fused-ring (bicyclic) bond motifs is 2. The zero-order chi connectivity index (χ0) is 13.3. The molecule has 104 valence electrons. The van der Waals surface area contributed by atoms with E-state index in [1.807, 2.05) is 0 Å². The van der Waals surface area contributed by atoms with Crippen LogP contribution in [0.15, 0.2) is 29.3 Å². The SMILES string of the molecule is CC[C@H]1CN2CC[C@]34C(=Nc5ccccc53)C[C@@H]1C[C@@H]24. The molecule has 5 rings (SSSR count). The summed E-state index contributed by atoms with van der Waals surface area (Å²) in [6, 6.07) is 9.66. The number of rotatable bonds is 1. The molecule has 3 heterocycles. The number of nitrogens with zero attached hydrogens (tertiary/aromatic N) is 2. The van der Waals surface area contributed by atoms with Crippen molar-refractivity contribution in [2.75, 3.05) is 13.1 Å². The van der Waals surface area contributed by atoms with Gasteiger partial charge in [0.1, 0.15) is 0 Å². The van der Waals surface area contributed by atoms with E-state index in [-0.39, 0.29) is 0 Å². The van der Waals surface area contributed by atoms with Crippen molar-refractivity contribution < 1.29 is 0 Å². The van der Waals surface area contributed by atoms with Crippen LogP contribution in [0, 0.1) is 11.8 Å². The van der Waals surface area contributed by atoms with Crippen molar-refractivity contribution >= 4 is 11.4 Å². The first-order valence-corrected chi connectivity index (χ1v) is 8.24. The van der Waals surface area contributed by atoms with E-state index in [1.54, 1.807) is 0 Å². The lowest BCUT2D eigenvalue weighted by molar-refractivity contribution is 0.0667. The summed E-state index contributed by atoms with van der Waals surface area (Å²) in [5.74, 6) is 1.79. The molecule has 2 heteroatoms. The number of hydrogen-bond donors (Lipinski definition) is 0. The first kappa shape index (κ1) is 11.5. The highest BCUT2D eigenvalue weighted by molar-refractivity contribution is 6.03. The van der Waals surface area contributed by atoms with Crippen molar-refractivity contribution in [3.63, 3.8) is 0 Å². The fourth-order valence-corrected chi connectivity index (χ4v) is 5.64. The van der Waals surface area contributed by atoms with Gasteiger partial charge >= 0.3 is 0 Å². The molecule has 20 heavy (non-hydrogen) atoms. The maximum Gasteiger partial charge on any atom is 0.0671 e. The summed E-state index contributed by atoms with van der Waals surface area (Å²) in [6.45, 7) is 4.98. The Balaban J connectivity index is 1.69. The minimum atomic E-state index is 0.297. The van der Waals surface area contributed by atoms with E-state index in [1.165, 1.54) is 55.7 Å². The molecule has 1 aliphatic carbocycles. The van der Waals surface area contributed by atoms with E-state index >= 15 is 0 Å². The molecule has 0 unspecified atom stereocenters. The van der Waals surface area contributed by atoms with Gasteiger partial charge in [0.05, 0.1) is 11.1 Å². The molecule has 1 saturated carbocycles. The van der Waals surface area contributed by atoms with Gasteiger partial charge in [0.15, 0.2) is 0 Å². The van der Waals surface area contributed by atoms with Crippen LogP contribution in [0.2, 0.25) is 0 Å². The van der Waals surface area contributed by atoms with Gasteiger partial charge in [0.2, 0.25) is 0 Å². The molecule has 1 spiro atoms. The lowest BCUT2D eigenvalue weighted by Crippen LogP contribution is -2.57. The van der Waals surface area contributed by atoms with E-state index in [0.29, 0.717) is 5.41 Å². The van der Waals surface area contributed by atoms with E-state index in [9.17, 15) is 0 Å². The summed E-state index contributed by atoms with van der Waals surface area (Å²) >= 11 is 0. The molecule has 4 atom stereocenters. The predicted octanol–water partition coefficient (Wildman–Crippen LogP) is 3.53. The van der Waals surface area contributed by atoms with Crippen LogP contribution < -0.4 is 0 Å². The third kappa shape index (κ3) is 1.18. The van der Waals surface area contributed by atoms with Gasteiger partial charge in [0, 0.05) is 18.3 Å². The van der Waals surface area contributed by atoms with E-state index < -0.39 is 0 Å². The number of aliphatic imine (C=N–C) groups is 1. The van der Waals surface area contributed by atoms with Crippen molar-refractivity contribution in [3.8, 4) is 0 Å². The van der Waals surface area contributed by atoms with Crippen LogP contribution in [0.4, 0.5) is 5.69 Å². The number of piperidine rings is 1. The van der Waals surface area contributed by atoms with Gasteiger partial charge in [-0.2, -0.15) is 0 Å². The largest absolute Gasteiger partial charge is 0.299 e. The summed E-state index contributed by atoms with van der Waals surface area (Å²) in [7, 11) is 0. The summed E-state index contributed by atoms with van der Waals surface area (Å²) < 4.78 is 0. The Bertz CT molecular complexity index is 605. The maximum absolute atomic E-state index is 5.08. The summed E-state index contributed by atoms with van der Waals surface area (Å²) in [5, 5.41) is 0. The minimum absolute atomic E-state index is 0.297.